The lowest BCUT2D eigenvalue weighted by Gasteiger charge is -2.21. The van der Waals surface area contributed by atoms with E-state index in [2.05, 4.69) is 22.1 Å². The zero-order valence-electron chi connectivity index (χ0n) is 11.5. The molecule has 0 aromatic carbocycles. The van der Waals surface area contributed by atoms with Crippen molar-refractivity contribution >= 4 is 5.82 Å². The fraction of sp³-hybridized carbons (Fsp3) is 0.714. The third-order valence-corrected chi connectivity index (χ3v) is 4.31. The zero-order chi connectivity index (χ0) is 13.2. The van der Waals surface area contributed by atoms with Gasteiger partial charge >= 0.3 is 0 Å². The summed E-state index contributed by atoms with van der Waals surface area (Å²) in [5.41, 5.74) is 0.0146. The highest BCUT2D eigenvalue weighted by atomic mass is 16.1. The van der Waals surface area contributed by atoms with Crippen molar-refractivity contribution < 1.29 is 0 Å². The van der Waals surface area contributed by atoms with Crippen LogP contribution in [0.2, 0.25) is 0 Å². The molecule has 2 fully saturated rings. The topological polar surface area (TPSA) is 50.2 Å². The standard InChI is InChI=1S/C14H22N4O/c1-2-7-18-10-6-15-13(14(18)19)16-11-5-9-17-8-3-4-12(11)17/h6,10-12H,2-5,7-9H2,1H3,(H,15,16). The van der Waals surface area contributed by atoms with E-state index in [4.69, 9.17) is 0 Å². The number of anilines is 1. The number of nitrogens with one attached hydrogen (secondary N) is 1. The number of fused-ring (bicyclic) bond motifs is 1. The molecular formula is C14H22N4O. The van der Waals surface area contributed by atoms with Crippen LogP contribution in [0, 0.1) is 0 Å². The van der Waals surface area contributed by atoms with E-state index in [-0.39, 0.29) is 5.56 Å². The lowest BCUT2D eigenvalue weighted by molar-refractivity contribution is 0.318. The second-order valence-electron chi connectivity index (χ2n) is 5.56. The van der Waals surface area contributed by atoms with Gasteiger partial charge in [0.25, 0.3) is 5.56 Å². The van der Waals surface area contributed by atoms with E-state index in [1.54, 1.807) is 17.0 Å². The van der Waals surface area contributed by atoms with Gasteiger partial charge in [-0.15, -0.1) is 0 Å². The quantitative estimate of drug-likeness (QED) is 0.888. The number of hydrogen-bond acceptors (Lipinski definition) is 4. The fourth-order valence-electron chi connectivity index (χ4n) is 3.39. The van der Waals surface area contributed by atoms with Crippen LogP contribution in [0.1, 0.15) is 32.6 Å². The van der Waals surface area contributed by atoms with E-state index in [0.29, 0.717) is 17.9 Å². The Morgan fingerprint density at radius 2 is 2.32 bits per heavy atom. The summed E-state index contributed by atoms with van der Waals surface area (Å²) in [5, 5.41) is 3.39. The Hall–Kier alpha value is -1.36. The number of hydrogen-bond donors (Lipinski definition) is 1. The number of rotatable bonds is 4. The Balaban J connectivity index is 1.76. The normalized spacial score (nSPS) is 26.6. The smallest absolute Gasteiger partial charge is 0.293 e. The highest BCUT2D eigenvalue weighted by molar-refractivity contribution is 5.33. The molecule has 1 aromatic heterocycles. The van der Waals surface area contributed by atoms with E-state index in [1.807, 2.05) is 0 Å². The summed E-state index contributed by atoms with van der Waals surface area (Å²) in [7, 11) is 0. The average Bonchev–Trinajstić information content (AvgIpc) is 2.99. The van der Waals surface area contributed by atoms with Gasteiger partial charge in [0.15, 0.2) is 5.82 Å². The number of aryl methyl sites for hydroxylation is 1. The van der Waals surface area contributed by atoms with Crippen molar-refractivity contribution in [1.29, 1.82) is 0 Å². The van der Waals surface area contributed by atoms with E-state index in [9.17, 15) is 4.79 Å². The van der Waals surface area contributed by atoms with Crippen LogP contribution in [0.25, 0.3) is 0 Å². The van der Waals surface area contributed by atoms with Crippen molar-refractivity contribution in [3.8, 4) is 0 Å². The van der Waals surface area contributed by atoms with Crippen LogP contribution in [-0.2, 0) is 6.54 Å². The van der Waals surface area contributed by atoms with Gasteiger partial charge in [-0.2, -0.15) is 0 Å². The van der Waals surface area contributed by atoms with E-state index in [0.717, 1.165) is 25.9 Å². The maximum absolute atomic E-state index is 12.3. The van der Waals surface area contributed by atoms with Gasteiger partial charge in [-0.1, -0.05) is 6.92 Å². The van der Waals surface area contributed by atoms with E-state index >= 15 is 0 Å². The van der Waals surface area contributed by atoms with Crippen LogP contribution < -0.4 is 10.9 Å². The first-order valence-corrected chi connectivity index (χ1v) is 7.35. The molecule has 0 radical (unpaired) electrons. The summed E-state index contributed by atoms with van der Waals surface area (Å²) >= 11 is 0. The van der Waals surface area contributed by atoms with Crippen LogP contribution in [-0.4, -0.2) is 39.6 Å². The monoisotopic (exact) mass is 262 g/mol. The molecule has 2 aliphatic rings. The average molecular weight is 262 g/mol. The maximum Gasteiger partial charge on any atom is 0.293 e. The molecule has 0 amide bonds. The van der Waals surface area contributed by atoms with Crippen LogP contribution in [0.15, 0.2) is 17.2 Å². The maximum atomic E-state index is 12.3. The van der Waals surface area contributed by atoms with Gasteiger partial charge in [0, 0.05) is 37.6 Å². The molecule has 0 spiro atoms. The largest absolute Gasteiger partial charge is 0.361 e. The van der Waals surface area contributed by atoms with Crippen molar-refractivity contribution in [2.45, 2.75) is 51.2 Å². The molecule has 3 rings (SSSR count). The summed E-state index contributed by atoms with van der Waals surface area (Å²) < 4.78 is 1.75. The minimum Gasteiger partial charge on any atom is -0.361 e. The Labute approximate surface area is 113 Å². The number of aromatic nitrogens is 2. The van der Waals surface area contributed by atoms with Gasteiger partial charge in [0.2, 0.25) is 0 Å². The van der Waals surface area contributed by atoms with Crippen molar-refractivity contribution in [3.63, 3.8) is 0 Å². The lowest BCUT2D eigenvalue weighted by Crippen LogP contribution is -2.36. The molecule has 1 aromatic rings. The molecule has 5 nitrogen and oxygen atoms in total. The molecule has 2 saturated heterocycles. The van der Waals surface area contributed by atoms with Gasteiger partial charge in [-0.25, -0.2) is 4.98 Å². The Morgan fingerprint density at radius 3 is 3.16 bits per heavy atom. The molecule has 19 heavy (non-hydrogen) atoms. The third-order valence-electron chi connectivity index (χ3n) is 4.31. The lowest BCUT2D eigenvalue weighted by atomic mass is 10.1. The first kappa shape index (κ1) is 12.7. The molecule has 0 bridgehead atoms. The predicted molar refractivity (Wildman–Crippen MR) is 75.4 cm³/mol. The highest BCUT2D eigenvalue weighted by Crippen LogP contribution is 2.29. The van der Waals surface area contributed by atoms with Crippen LogP contribution in [0.4, 0.5) is 5.82 Å². The van der Waals surface area contributed by atoms with Crippen LogP contribution in [0.5, 0.6) is 0 Å². The molecule has 1 N–H and O–H groups in total. The summed E-state index contributed by atoms with van der Waals surface area (Å²) in [4.78, 5) is 19.0. The molecule has 0 aliphatic carbocycles. The summed E-state index contributed by atoms with van der Waals surface area (Å²) in [6.45, 7) is 5.20. The molecule has 104 valence electrons. The Kier molecular flexibility index (Phi) is 3.55. The molecule has 2 unspecified atom stereocenters. The second kappa shape index (κ2) is 5.33. The van der Waals surface area contributed by atoms with Crippen LogP contribution >= 0.6 is 0 Å². The van der Waals surface area contributed by atoms with Crippen molar-refractivity contribution in [2.24, 2.45) is 0 Å². The molecule has 2 aliphatic heterocycles. The third kappa shape index (κ3) is 2.39. The first-order valence-electron chi connectivity index (χ1n) is 7.35. The van der Waals surface area contributed by atoms with Gasteiger partial charge < -0.3 is 9.88 Å². The minimum atomic E-state index is 0.0146. The second-order valence-corrected chi connectivity index (χ2v) is 5.56. The van der Waals surface area contributed by atoms with E-state index < -0.39 is 0 Å². The van der Waals surface area contributed by atoms with Crippen molar-refractivity contribution in [3.05, 3.63) is 22.7 Å². The van der Waals surface area contributed by atoms with E-state index in [1.165, 1.54) is 19.4 Å². The van der Waals surface area contributed by atoms with Crippen molar-refractivity contribution in [2.75, 3.05) is 18.4 Å². The molecule has 0 saturated carbocycles. The molecular weight excluding hydrogens is 240 g/mol. The van der Waals surface area contributed by atoms with Crippen LogP contribution in [0.3, 0.4) is 0 Å². The van der Waals surface area contributed by atoms with Crippen molar-refractivity contribution in [1.82, 2.24) is 14.5 Å². The molecule has 3 heterocycles. The van der Waals surface area contributed by atoms with Gasteiger partial charge in [-0.05, 0) is 32.2 Å². The predicted octanol–water partition coefficient (Wildman–Crippen LogP) is 1.30. The minimum absolute atomic E-state index is 0.0146. The SMILES string of the molecule is CCCn1ccnc(NC2CCN3CCCC23)c1=O. The summed E-state index contributed by atoms with van der Waals surface area (Å²) in [5.74, 6) is 0.523. The Bertz CT molecular complexity index is 498. The molecule has 2 atom stereocenters. The Morgan fingerprint density at radius 1 is 1.42 bits per heavy atom. The van der Waals surface area contributed by atoms with Gasteiger partial charge in [-0.3, -0.25) is 9.69 Å². The summed E-state index contributed by atoms with van der Waals surface area (Å²) in [6, 6.07) is 0.987. The fourth-order valence-corrected chi connectivity index (χ4v) is 3.39. The van der Waals surface area contributed by atoms with Gasteiger partial charge in [0.1, 0.15) is 0 Å². The van der Waals surface area contributed by atoms with Gasteiger partial charge in [0.05, 0.1) is 0 Å². The first-order chi connectivity index (χ1) is 9.29. The highest BCUT2D eigenvalue weighted by Gasteiger charge is 2.37. The zero-order valence-corrected chi connectivity index (χ0v) is 11.5. The molecule has 5 heteroatoms. The summed E-state index contributed by atoms with van der Waals surface area (Å²) in [6.07, 6.45) is 8.10. The number of nitrogens with zero attached hydrogens (tertiary/aromatic N) is 3.